The van der Waals surface area contributed by atoms with Gasteiger partial charge in [-0.15, -0.1) is 0 Å². The molecule has 0 amide bonds. The van der Waals surface area contributed by atoms with Crippen LogP contribution in [0.15, 0.2) is 35.5 Å². The van der Waals surface area contributed by atoms with Crippen LogP contribution >= 0.6 is 0 Å². The van der Waals surface area contributed by atoms with Crippen molar-refractivity contribution >= 4 is 5.78 Å². The van der Waals surface area contributed by atoms with Crippen LogP contribution in [0.1, 0.15) is 86.5 Å². The summed E-state index contributed by atoms with van der Waals surface area (Å²) < 4.78 is 0. The Morgan fingerprint density at radius 2 is 1.76 bits per heavy atom. The molecule has 184 valence electrons. The molecule has 0 unspecified atom stereocenters. The van der Waals surface area contributed by atoms with Crippen molar-refractivity contribution in [3.63, 3.8) is 0 Å². The van der Waals surface area contributed by atoms with Crippen molar-refractivity contribution in [2.75, 3.05) is 13.2 Å². The molecule has 0 radical (unpaired) electrons. The predicted octanol–water partition coefficient (Wildman–Crippen LogP) is 6.26. The Labute approximate surface area is 201 Å². The molecule has 0 aromatic heterocycles. The molecule has 4 aliphatic rings. The molecule has 0 heterocycles. The summed E-state index contributed by atoms with van der Waals surface area (Å²) in [5.74, 6) is 1.93. The van der Waals surface area contributed by atoms with Crippen LogP contribution in [0, 0.1) is 45.3 Å². The van der Waals surface area contributed by atoms with Gasteiger partial charge in [0.15, 0.2) is 0 Å². The molecule has 4 rings (SSSR count). The van der Waals surface area contributed by atoms with Gasteiger partial charge >= 0.3 is 0 Å². The third-order valence-corrected chi connectivity index (χ3v) is 11.1. The molecular formula is C30H46O3. The molecule has 0 aromatic rings. The fraction of sp³-hybridized carbons (Fsp3) is 0.767. The van der Waals surface area contributed by atoms with E-state index in [0.29, 0.717) is 30.0 Å². The van der Waals surface area contributed by atoms with Gasteiger partial charge in [0.05, 0.1) is 13.2 Å². The van der Waals surface area contributed by atoms with Crippen LogP contribution in [0.4, 0.5) is 0 Å². The van der Waals surface area contributed by atoms with Gasteiger partial charge in [-0.25, -0.2) is 0 Å². The van der Waals surface area contributed by atoms with Crippen molar-refractivity contribution in [2.45, 2.75) is 86.5 Å². The minimum atomic E-state index is -0.239. The SMILES string of the molecule is C[C@H](CC=CC(CO)CO)[C@H]1CC[C@@]2(C)C3=CC[C@H]4C(C)(C)C(=O)CC[C@]4(C)C3=CC[C@]12C. The average Bonchev–Trinajstić information content (AvgIpc) is 3.05. The molecule has 4 aliphatic carbocycles. The second-order valence-electron chi connectivity index (χ2n) is 13.0. The molecule has 6 atom stereocenters. The zero-order valence-electron chi connectivity index (χ0n) is 21.8. The number of hydrogen-bond donors (Lipinski definition) is 2. The zero-order valence-corrected chi connectivity index (χ0v) is 21.8. The fourth-order valence-corrected chi connectivity index (χ4v) is 8.59. The van der Waals surface area contributed by atoms with Gasteiger partial charge in [0.2, 0.25) is 0 Å². The summed E-state index contributed by atoms with van der Waals surface area (Å²) in [4.78, 5) is 12.8. The number of allylic oxidation sites excluding steroid dienone is 5. The van der Waals surface area contributed by atoms with E-state index in [2.05, 4.69) is 59.8 Å². The van der Waals surface area contributed by atoms with E-state index < -0.39 is 0 Å². The normalized spacial score (nSPS) is 40.8. The first kappa shape index (κ1) is 24.9. The maximum absolute atomic E-state index is 12.8. The molecule has 33 heavy (non-hydrogen) atoms. The highest BCUT2D eigenvalue weighted by atomic mass is 16.3. The van der Waals surface area contributed by atoms with Gasteiger partial charge in [0.1, 0.15) is 5.78 Å². The monoisotopic (exact) mass is 454 g/mol. The number of aliphatic hydroxyl groups excluding tert-OH is 2. The number of carbonyl (C=O) groups excluding carboxylic acids is 1. The Hall–Kier alpha value is -1.19. The van der Waals surface area contributed by atoms with Gasteiger partial charge in [0.25, 0.3) is 0 Å². The van der Waals surface area contributed by atoms with E-state index >= 15 is 0 Å². The summed E-state index contributed by atoms with van der Waals surface area (Å²) in [7, 11) is 0. The van der Waals surface area contributed by atoms with E-state index in [4.69, 9.17) is 0 Å². The number of Topliss-reactive ketones (excluding diaryl/α,β-unsaturated/α-hetero) is 1. The van der Waals surface area contributed by atoms with Gasteiger partial charge in [-0.3, -0.25) is 4.79 Å². The Kier molecular flexibility index (Phi) is 6.41. The van der Waals surface area contributed by atoms with Gasteiger partial charge < -0.3 is 10.2 Å². The second kappa shape index (κ2) is 8.48. The zero-order chi connectivity index (χ0) is 24.2. The molecule has 0 bridgehead atoms. The molecule has 0 spiro atoms. The minimum Gasteiger partial charge on any atom is -0.396 e. The molecule has 3 nitrogen and oxygen atoms in total. The molecular weight excluding hydrogens is 408 g/mol. The number of rotatable bonds is 6. The lowest BCUT2D eigenvalue weighted by molar-refractivity contribution is -0.138. The molecule has 2 N–H and O–H groups in total. The Morgan fingerprint density at radius 1 is 1.06 bits per heavy atom. The van der Waals surface area contributed by atoms with Crippen molar-refractivity contribution in [1.82, 2.24) is 0 Å². The van der Waals surface area contributed by atoms with Crippen LogP contribution in [0.2, 0.25) is 0 Å². The number of hydrogen-bond acceptors (Lipinski definition) is 3. The highest BCUT2D eigenvalue weighted by Crippen LogP contribution is 2.71. The Balaban J connectivity index is 1.62. The highest BCUT2D eigenvalue weighted by Gasteiger charge is 2.63. The molecule has 2 saturated carbocycles. The van der Waals surface area contributed by atoms with Crippen LogP contribution in [-0.4, -0.2) is 29.2 Å². The summed E-state index contributed by atoms with van der Waals surface area (Å²) in [6, 6.07) is 0. The van der Waals surface area contributed by atoms with Crippen LogP contribution in [0.3, 0.4) is 0 Å². The number of carbonyl (C=O) groups is 1. The van der Waals surface area contributed by atoms with Gasteiger partial charge in [-0.1, -0.05) is 65.8 Å². The van der Waals surface area contributed by atoms with Crippen molar-refractivity contribution < 1.29 is 15.0 Å². The van der Waals surface area contributed by atoms with Gasteiger partial charge in [-0.2, -0.15) is 0 Å². The van der Waals surface area contributed by atoms with E-state index in [0.717, 1.165) is 25.7 Å². The van der Waals surface area contributed by atoms with Crippen LogP contribution in [0.5, 0.6) is 0 Å². The number of aliphatic hydroxyl groups is 2. The fourth-order valence-electron chi connectivity index (χ4n) is 8.59. The average molecular weight is 455 g/mol. The van der Waals surface area contributed by atoms with Gasteiger partial charge in [-0.05, 0) is 83.7 Å². The maximum Gasteiger partial charge on any atom is 0.138 e. The summed E-state index contributed by atoms with van der Waals surface area (Å²) in [6.45, 7) is 14.3. The third kappa shape index (κ3) is 3.56. The molecule has 2 fully saturated rings. The summed E-state index contributed by atoms with van der Waals surface area (Å²) >= 11 is 0. The number of fused-ring (bicyclic) bond motifs is 5. The quantitative estimate of drug-likeness (QED) is 0.465. The molecule has 0 saturated heterocycles. The lowest BCUT2D eigenvalue weighted by Crippen LogP contribution is -2.53. The molecule has 0 aromatic carbocycles. The topological polar surface area (TPSA) is 57.5 Å². The van der Waals surface area contributed by atoms with Crippen LogP contribution in [0.25, 0.3) is 0 Å². The first-order chi connectivity index (χ1) is 15.5. The first-order valence-electron chi connectivity index (χ1n) is 13.3. The predicted molar refractivity (Wildman–Crippen MR) is 135 cm³/mol. The maximum atomic E-state index is 12.8. The van der Waals surface area contributed by atoms with Crippen LogP contribution < -0.4 is 0 Å². The van der Waals surface area contributed by atoms with Crippen molar-refractivity contribution in [2.24, 2.45) is 45.3 Å². The molecule has 0 aliphatic heterocycles. The Bertz CT molecular complexity index is 875. The Morgan fingerprint density at radius 3 is 2.42 bits per heavy atom. The number of ketones is 1. The van der Waals surface area contributed by atoms with E-state index in [-0.39, 0.29) is 40.8 Å². The minimum absolute atomic E-state index is 0.00445. The second-order valence-corrected chi connectivity index (χ2v) is 13.0. The van der Waals surface area contributed by atoms with Crippen molar-refractivity contribution in [3.05, 3.63) is 35.5 Å². The van der Waals surface area contributed by atoms with E-state index in [9.17, 15) is 15.0 Å². The summed E-state index contributed by atoms with van der Waals surface area (Å²) in [5.41, 5.74) is 3.48. The highest BCUT2D eigenvalue weighted by molar-refractivity contribution is 5.86. The smallest absolute Gasteiger partial charge is 0.138 e. The van der Waals surface area contributed by atoms with E-state index in [1.165, 1.54) is 12.8 Å². The lowest BCUT2D eigenvalue weighted by Gasteiger charge is -2.59. The first-order valence-corrected chi connectivity index (χ1v) is 13.3. The third-order valence-electron chi connectivity index (χ3n) is 11.1. The summed E-state index contributed by atoms with van der Waals surface area (Å²) in [6.07, 6.45) is 16.7. The van der Waals surface area contributed by atoms with Crippen molar-refractivity contribution in [3.8, 4) is 0 Å². The largest absolute Gasteiger partial charge is 0.396 e. The summed E-state index contributed by atoms with van der Waals surface area (Å²) in [5, 5.41) is 18.7. The lowest BCUT2D eigenvalue weighted by atomic mass is 9.44. The van der Waals surface area contributed by atoms with Crippen LogP contribution in [-0.2, 0) is 4.79 Å². The van der Waals surface area contributed by atoms with E-state index in [1.807, 2.05) is 6.08 Å². The van der Waals surface area contributed by atoms with E-state index in [1.54, 1.807) is 11.1 Å². The van der Waals surface area contributed by atoms with Gasteiger partial charge in [0, 0.05) is 17.8 Å². The standard InChI is InChI=1S/C30H46O3/c1-20(8-7-9-21(18-31)19-32)22-12-16-30(6)24-10-11-25-27(2,3)26(33)14-15-28(25,4)23(24)13-17-29(22,30)5/h7,9-10,13,20-22,25,31-32H,8,11-12,14-19H2,1-6H3/t20-,22-,25+,28-,29-,30+/m1/s1. The van der Waals surface area contributed by atoms with Crippen molar-refractivity contribution in [1.29, 1.82) is 0 Å². The molecule has 3 heteroatoms.